The number of carboxylic acid groups (broad SMARTS) is 1. The summed E-state index contributed by atoms with van der Waals surface area (Å²) in [6.45, 7) is 6.47. The molecule has 1 aliphatic rings. The molecule has 1 N–H and O–H groups in total. The van der Waals surface area contributed by atoms with E-state index >= 15 is 0 Å². The highest BCUT2D eigenvalue weighted by Crippen LogP contribution is 2.27. The fourth-order valence-corrected chi connectivity index (χ4v) is 3.56. The number of carboxylic acids is 1. The van der Waals surface area contributed by atoms with Gasteiger partial charge in [0.1, 0.15) is 0 Å². The van der Waals surface area contributed by atoms with Crippen molar-refractivity contribution in [2.45, 2.75) is 97.5 Å². The number of unbranched alkanes of at least 4 members (excludes halogenated alkanes) is 6. The van der Waals surface area contributed by atoms with Crippen LogP contribution in [0.3, 0.4) is 0 Å². The van der Waals surface area contributed by atoms with Gasteiger partial charge in [-0.1, -0.05) is 70.9 Å². The molecule has 4 nitrogen and oxygen atoms in total. The Morgan fingerprint density at radius 3 is 1.92 bits per heavy atom. The monoisotopic (exact) mass is 366 g/mol. The lowest BCUT2D eigenvalue weighted by Crippen LogP contribution is -2.33. The fraction of sp³-hybridized carbons (Fsp3) is 0.818. The minimum atomic E-state index is -0.905. The third-order valence-electron chi connectivity index (χ3n) is 5.26. The van der Waals surface area contributed by atoms with Gasteiger partial charge in [0, 0.05) is 0 Å². The second kappa shape index (κ2) is 12.9. The number of ether oxygens (including phenoxy) is 1. The van der Waals surface area contributed by atoms with Crippen LogP contribution in [-0.4, -0.2) is 23.1 Å². The molecule has 150 valence electrons. The van der Waals surface area contributed by atoms with E-state index in [-0.39, 0.29) is 12.1 Å². The van der Waals surface area contributed by atoms with E-state index in [2.05, 4.69) is 13.8 Å². The molecule has 0 spiro atoms. The van der Waals surface area contributed by atoms with E-state index in [4.69, 9.17) is 4.74 Å². The summed E-state index contributed by atoms with van der Waals surface area (Å²) in [5, 5.41) is 9.25. The largest absolute Gasteiger partial charge is 0.481 e. The topological polar surface area (TPSA) is 63.6 Å². The molecular weight excluding hydrogens is 328 g/mol. The van der Waals surface area contributed by atoms with Crippen molar-refractivity contribution in [1.82, 2.24) is 0 Å². The van der Waals surface area contributed by atoms with Crippen molar-refractivity contribution in [1.29, 1.82) is 0 Å². The number of allylic oxidation sites excluding steroid dienone is 2. The normalized spacial score (nSPS) is 20.9. The zero-order valence-corrected chi connectivity index (χ0v) is 16.9. The molecule has 26 heavy (non-hydrogen) atoms. The Balaban J connectivity index is 2.10. The molecular formula is C22H38O4. The Morgan fingerprint density at radius 2 is 1.38 bits per heavy atom. The Bertz CT molecular complexity index is 441. The van der Waals surface area contributed by atoms with E-state index < -0.39 is 17.8 Å². The maximum Gasteiger partial charge on any atom is 0.310 e. The third-order valence-corrected chi connectivity index (χ3v) is 5.26. The van der Waals surface area contributed by atoms with Gasteiger partial charge in [0.05, 0.1) is 17.9 Å². The second-order valence-corrected chi connectivity index (χ2v) is 8.19. The second-order valence-electron chi connectivity index (χ2n) is 8.19. The number of aliphatic carboxylic acids is 1. The van der Waals surface area contributed by atoms with Gasteiger partial charge in [-0.25, -0.2) is 0 Å². The molecule has 0 saturated heterocycles. The van der Waals surface area contributed by atoms with Crippen LogP contribution in [-0.2, 0) is 14.3 Å². The Labute approximate surface area is 159 Å². The predicted molar refractivity (Wildman–Crippen MR) is 105 cm³/mol. The molecule has 0 aliphatic heterocycles. The van der Waals surface area contributed by atoms with Crippen molar-refractivity contribution in [2.24, 2.45) is 17.8 Å². The van der Waals surface area contributed by atoms with E-state index in [0.717, 1.165) is 18.8 Å². The molecule has 0 aromatic carbocycles. The summed E-state index contributed by atoms with van der Waals surface area (Å²) in [4.78, 5) is 23.6. The zero-order valence-electron chi connectivity index (χ0n) is 16.9. The van der Waals surface area contributed by atoms with Crippen LogP contribution in [0.25, 0.3) is 0 Å². The summed E-state index contributed by atoms with van der Waals surface area (Å²) >= 11 is 0. The Morgan fingerprint density at radius 1 is 0.885 bits per heavy atom. The van der Waals surface area contributed by atoms with E-state index in [0.29, 0.717) is 12.8 Å². The van der Waals surface area contributed by atoms with Gasteiger partial charge in [0.2, 0.25) is 0 Å². The van der Waals surface area contributed by atoms with Crippen LogP contribution < -0.4 is 0 Å². The summed E-state index contributed by atoms with van der Waals surface area (Å²) in [5.74, 6) is -1.62. The van der Waals surface area contributed by atoms with Crippen LogP contribution in [0.4, 0.5) is 0 Å². The molecule has 0 saturated carbocycles. The molecule has 0 aromatic heterocycles. The first-order valence-electron chi connectivity index (χ1n) is 10.5. The van der Waals surface area contributed by atoms with E-state index in [9.17, 15) is 14.7 Å². The summed E-state index contributed by atoms with van der Waals surface area (Å²) in [6, 6.07) is 0. The lowest BCUT2D eigenvalue weighted by molar-refractivity contribution is -0.161. The molecule has 0 fully saturated rings. The van der Waals surface area contributed by atoms with Crippen LogP contribution in [0.2, 0.25) is 0 Å². The number of hydrogen-bond donors (Lipinski definition) is 1. The minimum Gasteiger partial charge on any atom is -0.481 e. The van der Waals surface area contributed by atoms with Crippen LogP contribution in [0.15, 0.2) is 12.2 Å². The SMILES string of the molecule is CC(C)CCCCCCCCCC(C)OC(=O)C1CC=CCC1C(=O)O. The predicted octanol–water partition coefficient (Wildman–Crippen LogP) is 5.75. The highest BCUT2D eigenvalue weighted by atomic mass is 16.5. The van der Waals surface area contributed by atoms with Crippen molar-refractivity contribution in [3.05, 3.63) is 12.2 Å². The lowest BCUT2D eigenvalue weighted by Gasteiger charge is -2.25. The van der Waals surface area contributed by atoms with Gasteiger partial charge in [-0.2, -0.15) is 0 Å². The molecule has 0 radical (unpaired) electrons. The molecule has 1 aliphatic carbocycles. The standard InChI is InChI=1S/C22H38O4/c1-17(2)13-9-7-5-4-6-8-10-14-18(3)26-22(25)20-16-12-11-15-19(20)21(23)24/h11-12,17-20H,4-10,13-16H2,1-3H3,(H,23,24). The van der Waals surface area contributed by atoms with Gasteiger partial charge in [-0.05, 0) is 38.5 Å². The number of rotatable bonds is 13. The summed E-state index contributed by atoms with van der Waals surface area (Å²) < 4.78 is 5.52. The highest BCUT2D eigenvalue weighted by molar-refractivity contribution is 5.81. The molecule has 0 heterocycles. The van der Waals surface area contributed by atoms with Crippen molar-refractivity contribution in [3.8, 4) is 0 Å². The van der Waals surface area contributed by atoms with Gasteiger partial charge >= 0.3 is 11.9 Å². The summed E-state index contributed by atoms with van der Waals surface area (Å²) in [6.07, 6.45) is 15.5. The van der Waals surface area contributed by atoms with Crippen LogP contribution in [0.5, 0.6) is 0 Å². The molecule has 4 heteroatoms. The van der Waals surface area contributed by atoms with Gasteiger partial charge in [0.25, 0.3) is 0 Å². The summed E-state index contributed by atoms with van der Waals surface area (Å²) in [7, 11) is 0. The van der Waals surface area contributed by atoms with E-state index in [1.807, 2.05) is 19.1 Å². The van der Waals surface area contributed by atoms with Crippen molar-refractivity contribution >= 4 is 11.9 Å². The zero-order chi connectivity index (χ0) is 19.4. The molecule has 0 amide bonds. The van der Waals surface area contributed by atoms with E-state index in [1.165, 1.54) is 44.9 Å². The first kappa shape index (κ1) is 22.7. The summed E-state index contributed by atoms with van der Waals surface area (Å²) in [5.41, 5.74) is 0. The molecule has 1 rings (SSSR count). The van der Waals surface area contributed by atoms with Crippen molar-refractivity contribution in [3.63, 3.8) is 0 Å². The molecule has 0 bridgehead atoms. The number of esters is 1. The smallest absolute Gasteiger partial charge is 0.310 e. The lowest BCUT2D eigenvalue weighted by atomic mass is 9.83. The average Bonchev–Trinajstić information content (AvgIpc) is 2.59. The number of carbonyl (C=O) groups excluding carboxylic acids is 1. The maximum atomic E-state index is 12.3. The maximum absolute atomic E-state index is 12.3. The average molecular weight is 367 g/mol. The first-order chi connectivity index (χ1) is 12.4. The third kappa shape index (κ3) is 9.40. The Hall–Kier alpha value is -1.32. The minimum absolute atomic E-state index is 0.131. The molecule has 0 aromatic rings. The number of carbonyl (C=O) groups is 2. The quantitative estimate of drug-likeness (QED) is 0.256. The Kier molecular flexibility index (Phi) is 11.3. The van der Waals surface area contributed by atoms with Crippen molar-refractivity contribution in [2.75, 3.05) is 0 Å². The van der Waals surface area contributed by atoms with Gasteiger partial charge in [-0.3, -0.25) is 9.59 Å². The van der Waals surface area contributed by atoms with Crippen molar-refractivity contribution < 1.29 is 19.4 Å². The van der Waals surface area contributed by atoms with Gasteiger partial charge in [-0.15, -0.1) is 0 Å². The van der Waals surface area contributed by atoms with Gasteiger partial charge < -0.3 is 9.84 Å². The molecule has 3 atom stereocenters. The fourth-order valence-electron chi connectivity index (χ4n) is 3.56. The van der Waals surface area contributed by atoms with E-state index in [1.54, 1.807) is 0 Å². The first-order valence-corrected chi connectivity index (χ1v) is 10.5. The van der Waals surface area contributed by atoms with Gasteiger partial charge in [0.15, 0.2) is 0 Å². The van der Waals surface area contributed by atoms with Crippen LogP contribution >= 0.6 is 0 Å². The number of hydrogen-bond acceptors (Lipinski definition) is 3. The molecule has 3 unspecified atom stereocenters. The van der Waals surface area contributed by atoms with Crippen LogP contribution in [0.1, 0.15) is 91.4 Å². The van der Waals surface area contributed by atoms with Crippen LogP contribution in [0, 0.1) is 17.8 Å². The highest BCUT2D eigenvalue weighted by Gasteiger charge is 2.35.